The van der Waals surface area contributed by atoms with Gasteiger partial charge in [-0.1, -0.05) is 17.7 Å². The Morgan fingerprint density at radius 2 is 1.50 bits per heavy atom. The van der Waals surface area contributed by atoms with Crippen LogP contribution in [0.15, 0.2) is 53.4 Å². The van der Waals surface area contributed by atoms with Crippen LogP contribution >= 0.6 is 0 Å². The van der Waals surface area contributed by atoms with Gasteiger partial charge in [0.05, 0.1) is 4.90 Å². The number of hydrogen-bond donors (Lipinski definition) is 0. The standard InChI is InChI=1S/C33H44N4O4S/c1-22(2)36-26-8-9-27(36)21-29(20-26)41-28-10-13-31-25(18-28)19-32(37(31)23(3)4)33(38)34-14-16-35(17-15-34)42(39,40)30-11-6-24(5)7-12-30/h6-7,10-13,18-19,22-23,26-27,29H,8-9,14-17,20-21H2,1-5H3/t26-,27+,29+. The zero-order valence-electron chi connectivity index (χ0n) is 25.5. The Morgan fingerprint density at radius 3 is 2.10 bits per heavy atom. The van der Waals surface area contributed by atoms with E-state index in [1.54, 1.807) is 17.0 Å². The van der Waals surface area contributed by atoms with Crippen molar-refractivity contribution in [1.29, 1.82) is 0 Å². The average Bonchev–Trinajstić information content (AvgIpc) is 3.48. The minimum Gasteiger partial charge on any atom is -0.490 e. The van der Waals surface area contributed by atoms with Crippen LogP contribution in [-0.4, -0.2) is 83.4 Å². The quantitative estimate of drug-likeness (QED) is 0.364. The van der Waals surface area contributed by atoms with Gasteiger partial charge in [0.25, 0.3) is 5.91 Å². The number of piperidine rings is 1. The van der Waals surface area contributed by atoms with Crippen molar-refractivity contribution < 1.29 is 17.9 Å². The van der Waals surface area contributed by atoms with Crippen molar-refractivity contribution in [3.63, 3.8) is 0 Å². The number of nitrogens with zero attached hydrogens (tertiary/aromatic N) is 4. The maximum absolute atomic E-state index is 13.8. The summed E-state index contributed by atoms with van der Waals surface area (Å²) in [5, 5.41) is 0.993. The summed E-state index contributed by atoms with van der Waals surface area (Å²) in [5.74, 6) is 0.798. The normalized spacial score (nSPS) is 23.8. The molecule has 9 heteroatoms. The van der Waals surface area contributed by atoms with Crippen LogP contribution in [0.3, 0.4) is 0 Å². The minimum atomic E-state index is -3.59. The van der Waals surface area contributed by atoms with Crippen LogP contribution in [-0.2, 0) is 10.0 Å². The number of aryl methyl sites for hydroxylation is 1. The highest BCUT2D eigenvalue weighted by Crippen LogP contribution is 2.39. The first kappa shape index (κ1) is 29.2. The summed E-state index contributed by atoms with van der Waals surface area (Å²) in [6.07, 6.45) is 4.87. The number of rotatable bonds is 7. The lowest BCUT2D eigenvalue weighted by Crippen LogP contribution is -2.50. The SMILES string of the molecule is Cc1ccc(S(=O)(=O)N2CCN(C(=O)c3cc4cc(O[C@H]5C[C@H]6CC[C@@H](C5)N6C(C)C)ccc4n3C(C)C)CC2)cc1. The molecular weight excluding hydrogens is 548 g/mol. The highest BCUT2D eigenvalue weighted by molar-refractivity contribution is 7.89. The van der Waals surface area contributed by atoms with Crippen LogP contribution in [0.2, 0.25) is 0 Å². The molecule has 0 spiro atoms. The predicted molar refractivity (Wildman–Crippen MR) is 166 cm³/mol. The van der Waals surface area contributed by atoms with Crippen molar-refractivity contribution >= 4 is 26.8 Å². The zero-order valence-corrected chi connectivity index (χ0v) is 26.3. The van der Waals surface area contributed by atoms with E-state index in [9.17, 15) is 13.2 Å². The fraction of sp³-hybridized carbons (Fsp3) is 0.545. The average molecular weight is 593 g/mol. The van der Waals surface area contributed by atoms with Crippen molar-refractivity contribution in [2.45, 2.75) is 95.5 Å². The monoisotopic (exact) mass is 592 g/mol. The van der Waals surface area contributed by atoms with Gasteiger partial charge in [0, 0.05) is 61.2 Å². The van der Waals surface area contributed by atoms with E-state index in [0.29, 0.717) is 41.8 Å². The van der Waals surface area contributed by atoms with Crippen LogP contribution < -0.4 is 4.74 Å². The van der Waals surface area contributed by atoms with E-state index in [4.69, 9.17) is 4.74 Å². The van der Waals surface area contributed by atoms with Crippen LogP contribution in [0.25, 0.3) is 10.9 Å². The van der Waals surface area contributed by atoms with E-state index >= 15 is 0 Å². The first-order valence-corrected chi connectivity index (χ1v) is 16.9. The molecular formula is C33H44N4O4S. The summed E-state index contributed by atoms with van der Waals surface area (Å²) in [5.41, 5.74) is 2.66. The molecule has 6 rings (SSSR count). The number of fused-ring (bicyclic) bond motifs is 3. The van der Waals surface area contributed by atoms with E-state index in [0.717, 1.165) is 35.1 Å². The van der Waals surface area contributed by atoms with Crippen LogP contribution in [0.5, 0.6) is 5.75 Å². The molecule has 3 aliphatic heterocycles. The second kappa shape index (κ2) is 11.3. The maximum atomic E-state index is 13.8. The number of benzene rings is 2. The molecule has 3 atom stereocenters. The summed E-state index contributed by atoms with van der Waals surface area (Å²) in [6, 6.07) is 17.0. The second-order valence-corrected chi connectivity index (χ2v) is 14.8. The van der Waals surface area contributed by atoms with E-state index in [-0.39, 0.29) is 31.1 Å². The molecule has 3 aromatic rings. The molecule has 0 aliphatic carbocycles. The Labute approximate surface area is 250 Å². The Balaban J connectivity index is 1.17. The lowest BCUT2D eigenvalue weighted by molar-refractivity contribution is 0.0308. The molecule has 0 saturated carbocycles. The number of hydrogen-bond acceptors (Lipinski definition) is 5. The second-order valence-electron chi connectivity index (χ2n) is 12.9. The minimum absolute atomic E-state index is 0.0626. The Bertz CT molecular complexity index is 1540. The fourth-order valence-corrected chi connectivity index (χ4v) is 8.88. The highest BCUT2D eigenvalue weighted by atomic mass is 32.2. The van der Waals surface area contributed by atoms with Crippen molar-refractivity contribution in [3.05, 3.63) is 59.8 Å². The molecule has 1 aromatic heterocycles. The van der Waals surface area contributed by atoms with Gasteiger partial charge < -0.3 is 14.2 Å². The first-order valence-electron chi connectivity index (χ1n) is 15.5. The molecule has 3 aliphatic rings. The third-order valence-electron chi connectivity index (χ3n) is 9.38. The maximum Gasteiger partial charge on any atom is 0.270 e. The molecule has 42 heavy (non-hydrogen) atoms. The zero-order chi connectivity index (χ0) is 29.8. The molecule has 0 N–H and O–H groups in total. The van der Waals surface area contributed by atoms with Gasteiger partial charge >= 0.3 is 0 Å². The van der Waals surface area contributed by atoms with Gasteiger partial charge in [-0.25, -0.2) is 8.42 Å². The molecule has 2 aromatic carbocycles. The topological polar surface area (TPSA) is 75.1 Å². The van der Waals surface area contributed by atoms with Crippen LogP contribution in [0.1, 0.15) is 75.5 Å². The van der Waals surface area contributed by atoms with E-state index in [1.165, 1.54) is 17.1 Å². The summed E-state index contributed by atoms with van der Waals surface area (Å²) in [6.45, 7) is 12.0. The van der Waals surface area contributed by atoms with Crippen molar-refractivity contribution in [2.75, 3.05) is 26.2 Å². The third kappa shape index (κ3) is 5.35. The Hall–Kier alpha value is -2.88. The van der Waals surface area contributed by atoms with Crippen molar-refractivity contribution in [2.24, 2.45) is 0 Å². The van der Waals surface area contributed by atoms with Gasteiger partial charge in [0.2, 0.25) is 10.0 Å². The number of piperazine rings is 1. The molecule has 3 fully saturated rings. The number of aromatic nitrogens is 1. The largest absolute Gasteiger partial charge is 0.490 e. The van der Waals surface area contributed by atoms with Gasteiger partial charge in [-0.15, -0.1) is 0 Å². The molecule has 0 radical (unpaired) electrons. The Morgan fingerprint density at radius 1 is 0.857 bits per heavy atom. The van der Waals surface area contributed by atoms with Gasteiger partial charge in [-0.3, -0.25) is 9.69 Å². The van der Waals surface area contributed by atoms with Gasteiger partial charge in [-0.05, 0) is 96.7 Å². The summed E-state index contributed by atoms with van der Waals surface area (Å²) >= 11 is 0. The molecule has 226 valence electrons. The highest BCUT2D eigenvalue weighted by Gasteiger charge is 2.42. The van der Waals surface area contributed by atoms with Gasteiger partial charge in [-0.2, -0.15) is 4.31 Å². The number of ether oxygens (including phenoxy) is 1. The summed E-state index contributed by atoms with van der Waals surface area (Å²) < 4.78 is 36.5. The molecule has 0 unspecified atom stereocenters. The van der Waals surface area contributed by atoms with E-state index in [2.05, 4.69) is 49.3 Å². The Kier molecular flexibility index (Phi) is 7.87. The molecule has 2 bridgehead atoms. The number of carbonyl (C=O) groups is 1. The molecule has 3 saturated heterocycles. The lowest BCUT2D eigenvalue weighted by Gasteiger charge is -2.41. The van der Waals surface area contributed by atoms with Gasteiger partial charge in [0.15, 0.2) is 0 Å². The van der Waals surface area contributed by atoms with Crippen LogP contribution in [0, 0.1) is 6.92 Å². The number of amides is 1. The first-order chi connectivity index (χ1) is 20.0. The van der Waals surface area contributed by atoms with Crippen molar-refractivity contribution in [1.82, 2.24) is 18.7 Å². The third-order valence-corrected chi connectivity index (χ3v) is 11.3. The van der Waals surface area contributed by atoms with Crippen molar-refractivity contribution in [3.8, 4) is 5.75 Å². The van der Waals surface area contributed by atoms with E-state index in [1.807, 2.05) is 31.2 Å². The molecule has 1 amide bonds. The predicted octanol–water partition coefficient (Wildman–Crippen LogP) is 5.46. The number of carbonyl (C=O) groups excluding carboxylic acids is 1. The van der Waals surface area contributed by atoms with E-state index < -0.39 is 10.0 Å². The number of sulfonamides is 1. The molecule has 4 heterocycles. The summed E-state index contributed by atoms with van der Waals surface area (Å²) in [7, 11) is -3.59. The lowest BCUT2D eigenvalue weighted by atomic mass is 9.98. The smallest absolute Gasteiger partial charge is 0.270 e. The fourth-order valence-electron chi connectivity index (χ4n) is 7.46. The van der Waals surface area contributed by atoms with Gasteiger partial charge in [0.1, 0.15) is 17.5 Å². The summed E-state index contributed by atoms with van der Waals surface area (Å²) in [4.78, 5) is 18.6. The van der Waals surface area contributed by atoms with Crippen LogP contribution in [0.4, 0.5) is 0 Å². The molecule has 8 nitrogen and oxygen atoms in total.